The zero-order chi connectivity index (χ0) is 17.2. The Bertz CT molecular complexity index is 888. The summed E-state index contributed by atoms with van der Waals surface area (Å²) >= 11 is 8.18. The zero-order valence-electron chi connectivity index (χ0n) is 13.8. The van der Waals surface area contributed by atoms with Crippen molar-refractivity contribution in [1.29, 1.82) is 0 Å². The summed E-state index contributed by atoms with van der Waals surface area (Å²) in [5.41, 5.74) is 8.64. The lowest BCUT2D eigenvalue weighted by Gasteiger charge is -2.29. The molecule has 3 aromatic rings. The largest absolute Gasteiger partial charge is 0.353 e. The number of anilines is 1. The summed E-state index contributed by atoms with van der Waals surface area (Å²) in [5, 5.41) is 8.24. The van der Waals surface area contributed by atoms with E-state index >= 15 is 0 Å². The molecule has 4 rings (SSSR count). The quantitative estimate of drug-likeness (QED) is 0.736. The van der Waals surface area contributed by atoms with Crippen LogP contribution >= 0.6 is 22.9 Å². The summed E-state index contributed by atoms with van der Waals surface area (Å²) in [7, 11) is 0. The molecule has 0 amide bonds. The first kappa shape index (κ1) is 16.7. The number of hydrogen-bond donors (Lipinski definition) is 2. The fourth-order valence-corrected chi connectivity index (χ4v) is 4.18. The summed E-state index contributed by atoms with van der Waals surface area (Å²) in [6, 6.07) is 8.25. The lowest BCUT2D eigenvalue weighted by Crippen LogP contribution is -2.44. The molecular weight excluding hydrogens is 354 g/mol. The second kappa shape index (κ2) is 7.25. The van der Waals surface area contributed by atoms with Crippen LogP contribution < -0.4 is 16.0 Å². The van der Waals surface area contributed by atoms with Crippen molar-refractivity contribution in [2.75, 3.05) is 37.6 Å². The van der Waals surface area contributed by atoms with E-state index < -0.39 is 0 Å². The molecule has 5 nitrogen and oxygen atoms in total. The Morgan fingerprint density at radius 2 is 2.04 bits per heavy atom. The smallest absolute Gasteiger partial charge is 0.148 e. The molecule has 1 saturated heterocycles. The SMILES string of the molecule is NCCc1nc(-c2ccc3nc(N4CCNCC4)c(Cl)cc3c2)cs1. The van der Waals surface area contributed by atoms with Gasteiger partial charge >= 0.3 is 0 Å². The molecular formula is C18H20ClN5S. The topological polar surface area (TPSA) is 67.1 Å². The van der Waals surface area contributed by atoms with Crippen LogP contribution in [0.2, 0.25) is 5.02 Å². The summed E-state index contributed by atoms with van der Waals surface area (Å²) in [5.74, 6) is 0.877. The van der Waals surface area contributed by atoms with Crippen molar-refractivity contribution < 1.29 is 0 Å². The van der Waals surface area contributed by atoms with E-state index in [4.69, 9.17) is 22.3 Å². The standard InChI is InChI=1S/C18H20ClN5S/c19-14-10-13-9-12(16-11-25-17(22-16)3-4-20)1-2-15(13)23-18(14)24-7-5-21-6-8-24/h1-2,9-11,21H,3-8,20H2. The Morgan fingerprint density at radius 3 is 2.84 bits per heavy atom. The van der Waals surface area contributed by atoms with Crippen molar-refractivity contribution in [1.82, 2.24) is 15.3 Å². The number of piperazine rings is 1. The first-order valence-electron chi connectivity index (χ1n) is 8.45. The van der Waals surface area contributed by atoms with Crippen LogP contribution in [0, 0.1) is 0 Å². The molecule has 0 atom stereocenters. The number of rotatable bonds is 4. The third-order valence-corrected chi connectivity index (χ3v) is 5.56. The van der Waals surface area contributed by atoms with Gasteiger partial charge in [-0.25, -0.2) is 9.97 Å². The minimum atomic E-state index is 0.624. The number of thiazole rings is 1. The molecule has 0 spiro atoms. The third-order valence-electron chi connectivity index (χ3n) is 4.37. The average Bonchev–Trinajstić information content (AvgIpc) is 3.10. The number of pyridine rings is 1. The molecule has 0 unspecified atom stereocenters. The van der Waals surface area contributed by atoms with Crippen molar-refractivity contribution in [3.8, 4) is 11.3 Å². The van der Waals surface area contributed by atoms with E-state index in [-0.39, 0.29) is 0 Å². The molecule has 0 bridgehead atoms. The van der Waals surface area contributed by atoms with Gasteiger partial charge in [0.05, 0.1) is 21.2 Å². The first-order chi connectivity index (χ1) is 12.2. The minimum absolute atomic E-state index is 0.624. The fraction of sp³-hybridized carbons (Fsp3) is 0.333. The van der Waals surface area contributed by atoms with Crippen molar-refractivity contribution in [2.45, 2.75) is 6.42 Å². The second-order valence-electron chi connectivity index (χ2n) is 6.10. The number of nitrogens with one attached hydrogen (secondary N) is 1. The van der Waals surface area contributed by atoms with Crippen molar-refractivity contribution in [3.63, 3.8) is 0 Å². The fourth-order valence-electron chi connectivity index (χ4n) is 3.08. The van der Waals surface area contributed by atoms with Crippen LogP contribution in [-0.2, 0) is 6.42 Å². The van der Waals surface area contributed by atoms with E-state index in [9.17, 15) is 0 Å². The molecule has 1 aliphatic heterocycles. The zero-order valence-corrected chi connectivity index (χ0v) is 15.4. The lowest BCUT2D eigenvalue weighted by atomic mass is 10.1. The predicted octanol–water partition coefficient (Wildman–Crippen LogP) is 2.92. The number of halogens is 1. The number of fused-ring (bicyclic) bond motifs is 1. The molecule has 1 aromatic carbocycles. The molecule has 3 N–H and O–H groups in total. The molecule has 1 fully saturated rings. The maximum absolute atomic E-state index is 6.53. The van der Waals surface area contributed by atoms with Crippen LogP contribution in [0.1, 0.15) is 5.01 Å². The van der Waals surface area contributed by atoms with Gasteiger partial charge in [-0.1, -0.05) is 17.7 Å². The van der Waals surface area contributed by atoms with Gasteiger partial charge in [-0.15, -0.1) is 11.3 Å². The Kier molecular flexibility index (Phi) is 4.85. The van der Waals surface area contributed by atoms with Crippen LogP contribution in [0.4, 0.5) is 5.82 Å². The van der Waals surface area contributed by atoms with Gasteiger partial charge in [-0.2, -0.15) is 0 Å². The Labute approximate surface area is 155 Å². The lowest BCUT2D eigenvalue weighted by molar-refractivity contribution is 0.585. The van der Waals surface area contributed by atoms with Gasteiger partial charge in [0.25, 0.3) is 0 Å². The van der Waals surface area contributed by atoms with E-state index in [1.54, 1.807) is 11.3 Å². The van der Waals surface area contributed by atoms with E-state index in [0.29, 0.717) is 11.6 Å². The summed E-state index contributed by atoms with van der Waals surface area (Å²) < 4.78 is 0. The molecule has 0 radical (unpaired) electrons. The van der Waals surface area contributed by atoms with Crippen LogP contribution in [0.15, 0.2) is 29.6 Å². The van der Waals surface area contributed by atoms with Gasteiger partial charge in [-0.3, -0.25) is 0 Å². The van der Waals surface area contributed by atoms with Gasteiger partial charge in [0.2, 0.25) is 0 Å². The molecule has 3 heterocycles. The summed E-state index contributed by atoms with van der Waals surface area (Å²) in [6.07, 6.45) is 0.819. The molecule has 1 aliphatic rings. The van der Waals surface area contributed by atoms with Crippen LogP contribution in [0.25, 0.3) is 22.2 Å². The van der Waals surface area contributed by atoms with Crippen molar-refractivity contribution in [2.24, 2.45) is 5.73 Å². The molecule has 7 heteroatoms. The van der Waals surface area contributed by atoms with Crippen molar-refractivity contribution in [3.05, 3.63) is 39.7 Å². The highest BCUT2D eigenvalue weighted by Crippen LogP contribution is 2.31. The Morgan fingerprint density at radius 1 is 1.20 bits per heavy atom. The normalized spacial score (nSPS) is 15.0. The van der Waals surface area contributed by atoms with Crippen LogP contribution in [0.3, 0.4) is 0 Å². The number of benzene rings is 1. The van der Waals surface area contributed by atoms with Gasteiger partial charge in [0.1, 0.15) is 5.82 Å². The van der Waals surface area contributed by atoms with E-state index in [2.05, 4.69) is 38.8 Å². The highest BCUT2D eigenvalue weighted by molar-refractivity contribution is 7.09. The van der Waals surface area contributed by atoms with Gasteiger partial charge in [0, 0.05) is 48.9 Å². The molecule has 0 saturated carbocycles. The highest BCUT2D eigenvalue weighted by Gasteiger charge is 2.16. The number of hydrogen-bond acceptors (Lipinski definition) is 6. The Hall–Kier alpha value is -1.73. The number of nitrogens with zero attached hydrogens (tertiary/aromatic N) is 3. The number of aromatic nitrogens is 2. The molecule has 2 aromatic heterocycles. The third kappa shape index (κ3) is 3.48. The molecule has 130 valence electrons. The molecule has 25 heavy (non-hydrogen) atoms. The summed E-state index contributed by atoms with van der Waals surface area (Å²) in [4.78, 5) is 11.7. The maximum atomic E-state index is 6.53. The highest BCUT2D eigenvalue weighted by atomic mass is 35.5. The minimum Gasteiger partial charge on any atom is -0.353 e. The van der Waals surface area contributed by atoms with E-state index in [1.807, 2.05) is 6.07 Å². The van der Waals surface area contributed by atoms with E-state index in [0.717, 1.165) is 65.6 Å². The number of nitrogens with two attached hydrogens (primary N) is 1. The van der Waals surface area contributed by atoms with E-state index in [1.165, 1.54) is 0 Å². The van der Waals surface area contributed by atoms with Gasteiger partial charge < -0.3 is 16.0 Å². The second-order valence-corrected chi connectivity index (χ2v) is 7.45. The van der Waals surface area contributed by atoms with Crippen LogP contribution in [-0.4, -0.2) is 42.7 Å². The first-order valence-corrected chi connectivity index (χ1v) is 9.71. The summed E-state index contributed by atoms with van der Waals surface area (Å²) in [6.45, 7) is 4.41. The molecule has 0 aliphatic carbocycles. The monoisotopic (exact) mass is 373 g/mol. The van der Waals surface area contributed by atoms with Crippen molar-refractivity contribution >= 4 is 39.7 Å². The van der Waals surface area contributed by atoms with Crippen LogP contribution in [0.5, 0.6) is 0 Å². The average molecular weight is 374 g/mol. The van der Waals surface area contributed by atoms with Gasteiger partial charge in [0.15, 0.2) is 0 Å². The predicted molar refractivity (Wildman–Crippen MR) is 106 cm³/mol. The maximum Gasteiger partial charge on any atom is 0.148 e. The van der Waals surface area contributed by atoms with Gasteiger partial charge in [-0.05, 0) is 24.7 Å². The Balaban J connectivity index is 1.68.